The molecule has 2 aromatic rings. The first kappa shape index (κ1) is 11.6. The Balaban J connectivity index is 2.25. The highest BCUT2D eigenvalue weighted by Gasteiger charge is 2.10. The quantitative estimate of drug-likeness (QED) is 0.496. The van der Waals surface area contributed by atoms with Crippen LogP contribution in [0, 0.1) is 5.92 Å². The number of halogens is 1. The molecule has 2 aromatic heterocycles. The topological polar surface area (TPSA) is 74.7 Å². The molecule has 0 aliphatic heterocycles. The number of aromatic amines is 1. The highest BCUT2D eigenvalue weighted by molar-refractivity contribution is 7.99. The van der Waals surface area contributed by atoms with E-state index in [9.17, 15) is 0 Å². The minimum atomic E-state index is 0.167. The van der Waals surface area contributed by atoms with E-state index in [0.717, 1.165) is 16.2 Å². The average Bonchev–Trinajstić information content (AvgIpc) is 2.73. The number of thioether (sulfide) groups is 1. The van der Waals surface area contributed by atoms with E-state index in [-0.39, 0.29) is 17.8 Å². The molecular weight excluding hydrogens is 248 g/mol. The standard InChI is InChI=1S/C9H11ClN4OS/c1-5(3-15)4-16-8-6-2-11-14-7(6)12-9(10)13-8/h2,5,15H,3-4H2,1H3,(H,11,12,13,14). The van der Waals surface area contributed by atoms with Gasteiger partial charge < -0.3 is 5.11 Å². The average molecular weight is 259 g/mol. The van der Waals surface area contributed by atoms with Gasteiger partial charge in [0.05, 0.1) is 11.6 Å². The Morgan fingerprint density at radius 2 is 2.38 bits per heavy atom. The van der Waals surface area contributed by atoms with Crippen molar-refractivity contribution in [3.8, 4) is 0 Å². The van der Waals surface area contributed by atoms with Crippen molar-refractivity contribution in [2.24, 2.45) is 5.92 Å². The molecule has 2 heterocycles. The monoisotopic (exact) mass is 258 g/mol. The van der Waals surface area contributed by atoms with E-state index >= 15 is 0 Å². The number of hydrogen-bond donors (Lipinski definition) is 2. The fourth-order valence-corrected chi connectivity index (χ4v) is 2.39. The highest BCUT2D eigenvalue weighted by Crippen LogP contribution is 2.26. The van der Waals surface area contributed by atoms with Gasteiger partial charge in [-0.15, -0.1) is 11.8 Å². The van der Waals surface area contributed by atoms with E-state index in [2.05, 4.69) is 20.2 Å². The van der Waals surface area contributed by atoms with Crippen LogP contribution in [0.25, 0.3) is 11.0 Å². The maximum absolute atomic E-state index is 8.95. The minimum Gasteiger partial charge on any atom is -0.396 e. The van der Waals surface area contributed by atoms with Gasteiger partial charge in [0.25, 0.3) is 0 Å². The summed E-state index contributed by atoms with van der Waals surface area (Å²) in [6.45, 7) is 2.14. The van der Waals surface area contributed by atoms with Gasteiger partial charge in [-0.05, 0) is 17.5 Å². The first-order chi connectivity index (χ1) is 7.70. The van der Waals surface area contributed by atoms with Crippen LogP contribution < -0.4 is 0 Å². The number of H-pyrrole nitrogens is 1. The number of nitrogens with zero attached hydrogens (tertiary/aromatic N) is 3. The molecule has 86 valence electrons. The second-order valence-electron chi connectivity index (χ2n) is 3.53. The largest absolute Gasteiger partial charge is 0.396 e. The van der Waals surface area contributed by atoms with E-state index < -0.39 is 0 Å². The molecule has 0 saturated heterocycles. The number of fused-ring (bicyclic) bond motifs is 1. The minimum absolute atomic E-state index is 0.167. The van der Waals surface area contributed by atoms with Crippen LogP contribution in [0.4, 0.5) is 0 Å². The summed E-state index contributed by atoms with van der Waals surface area (Å²) in [7, 11) is 0. The van der Waals surface area contributed by atoms with Crippen molar-refractivity contribution >= 4 is 34.4 Å². The van der Waals surface area contributed by atoms with E-state index in [4.69, 9.17) is 16.7 Å². The molecule has 0 saturated carbocycles. The molecule has 0 bridgehead atoms. The third-order valence-electron chi connectivity index (χ3n) is 2.06. The summed E-state index contributed by atoms with van der Waals surface area (Å²) >= 11 is 7.34. The molecule has 0 amide bonds. The zero-order chi connectivity index (χ0) is 11.5. The molecular formula is C9H11ClN4OS. The van der Waals surface area contributed by atoms with Gasteiger partial charge in [-0.3, -0.25) is 5.10 Å². The Kier molecular flexibility index (Phi) is 3.63. The smallest absolute Gasteiger partial charge is 0.225 e. The molecule has 2 rings (SSSR count). The third-order valence-corrected chi connectivity index (χ3v) is 3.55. The molecule has 16 heavy (non-hydrogen) atoms. The van der Waals surface area contributed by atoms with Crippen LogP contribution in [0.5, 0.6) is 0 Å². The van der Waals surface area contributed by atoms with Crippen molar-refractivity contribution in [2.45, 2.75) is 11.9 Å². The lowest BCUT2D eigenvalue weighted by molar-refractivity contribution is 0.250. The summed E-state index contributed by atoms with van der Waals surface area (Å²) in [6, 6.07) is 0. The number of aliphatic hydroxyl groups excluding tert-OH is 1. The number of aromatic nitrogens is 4. The lowest BCUT2D eigenvalue weighted by Crippen LogP contribution is -2.03. The molecule has 0 aliphatic carbocycles. The first-order valence-corrected chi connectivity index (χ1v) is 6.17. The predicted molar refractivity (Wildman–Crippen MR) is 63.7 cm³/mol. The second-order valence-corrected chi connectivity index (χ2v) is 4.88. The summed E-state index contributed by atoms with van der Waals surface area (Å²) in [5.74, 6) is 1.00. The Hall–Kier alpha value is -0.850. The molecule has 0 spiro atoms. The van der Waals surface area contributed by atoms with Gasteiger partial charge in [0, 0.05) is 12.4 Å². The molecule has 0 aromatic carbocycles. The van der Waals surface area contributed by atoms with Crippen LogP contribution in [-0.4, -0.2) is 37.6 Å². The SMILES string of the molecule is CC(CO)CSc1nc(Cl)nc2[nH]ncc12. The van der Waals surface area contributed by atoms with Crippen LogP contribution in [-0.2, 0) is 0 Å². The Morgan fingerprint density at radius 1 is 1.56 bits per heavy atom. The molecule has 0 radical (unpaired) electrons. The molecule has 5 nitrogen and oxygen atoms in total. The fraction of sp³-hybridized carbons (Fsp3) is 0.444. The maximum atomic E-state index is 8.95. The normalized spacial score (nSPS) is 13.2. The van der Waals surface area contributed by atoms with Crippen molar-refractivity contribution in [3.63, 3.8) is 0 Å². The van der Waals surface area contributed by atoms with Crippen molar-refractivity contribution in [2.75, 3.05) is 12.4 Å². The van der Waals surface area contributed by atoms with Crippen LogP contribution in [0.2, 0.25) is 5.28 Å². The van der Waals surface area contributed by atoms with Gasteiger partial charge in [0.15, 0.2) is 5.65 Å². The number of rotatable bonds is 4. The summed E-state index contributed by atoms with van der Waals surface area (Å²) in [6.07, 6.45) is 1.68. The van der Waals surface area contributed by atoms with Gasteiger partial charge in [0.1, 0.15) is 5.03 Å². The van der Waals surface area contributed by atoms with E-state index in [1.54, 1.807) is 18.0 Å². The number of nitrogens with one attached hydrogen (secondary N) is 1. The molecule has 7 heteroatoms. The van der Waals surface area contributed by atoms with Crippen LogP contribution in [0.1, 0.15) is 6.92 Å². The van der Waals surface area contributed by atoms with Gasteiger partial charge in [-0.25, -0.2) is 4.98 Å². The summed E-state index contributed by atoms with van der Waals surface area (Å²) in [5, 5.41) is 17.5. The van der Waals surface area contributed by atoms with Crippen molar-refractivity contribution < 1.29 is 5.11 Å². The van der Waals surface area contributed by atoms with Crippen LogP contribution in [0.15, 0.2) is 11.2 Å². The zero-order valence-corrected chi connectivity index (χ0v) is 10.2. The Morgan fingerprint density at radius 3 is 3.12 bits per heavy atom. The van der Waals surface area contributed by atoms with Crippen molar-refractivity contribution in [1.29, 1.82) is 0 Å². The lowest BCUT2D eigenvalue weighted by atomic mass is 10.2. The summed E-state index contributed by atoms with van der Waals surface area (Å²) in [5.41, 5.74) is 0.638. The summed E-state index contributed by atoms with van der Waals surface area (Å²) < 4.78 is 0. The van der Waals surface area contributed by atoms with E-state index in [1.807, 2.05) is 6.92 Å². The highest BCUT2D eigenvalue weighted by atomic mass is 35.5. The Labute approximate surface area is 102 Å². The molecule has 2 N–H and O–H groups in total. The van der Waals surface area contributed by atoms with E-state index in [1.165, 1.54) is 0 Å². The van der Waals surface area contributed by atoms with Crippen molar-refractivity contribution in [1.82, 2.24) is 20.2 Å². The van der Waals surface area contributed by atoms with Gasteiger partial charge in [-0.1, -0.05) is 6.92 Å². The number of hydrogen-bond acceptors (Lipinski definition) is 5. The maximum Gasteiger partial charge on any atom is 0.225 e. The molecule has 1 atom stereocenters. The summed E-state index contributed by atoms with van der Waals surface area (Å²) in [4.78, 5) is 8.17. The molecule has 0 fully saturated rings. The predicted octanol–water partition coefficient (Wildman–Crippen LogP) is 1.73. The van der Waals surface area contributed by atoms with Crippen LogP contribution >= 0.6 is 23.4 Å². The second kappa shape index (κ2) is 4.99. The third kappa shape index (κ3) is 2.45. The number of aliphatic hydroxyl groups is 1. The van der Waals surface area contributed by atoms with Gasteiger partial charge in [-0.2, -0.15) is 10.1 Å². The van der Waals surface area contributed by atoms with E-state index in [0.29, 0.717) is 5.65 Å². The van der Waals surface area contributed by atoms with Gasteiger partial charge in [0.2, 0.25) is 5.28 Å². The van der Waals surface area contributed by atoms with Gasteiger partial charge >= 0.3 is 0 Å². The lowest BCUT2D eigenvalue weighted by Gasteiger charge is -2.06. The molecule has 0 aliphatic rings. The Bertz CT molecular complexity index is 489. The first-order valence-electron chi connectivity index (χ1n) is 4.81. The van der Waals surface area contributed by atoms with Crippen LogP contribution in [0.3, 0.4) is 0 Å². The zero-order valence-electron chi connectivity index (χ0n) is 8.64. The van der Waals surface area contributed by atoms with Crippen molar-refractivity contribution in [3.05, 3.63) is 11.5 Å². The fourth-order valence-electron chi connectivity index (χ4n) is 1.17. The molecule has 1 unspecified atom stereocenters.